The predicted octanol–water partition coefficient (Wildman–Crippen LogP) is 3.73. The van der Waals surface area contributed by atoms with Gasteiger partial charge < -0.3 is 0 Å². The molecule has 0 aliphatic heterocycles. The Hall–Kier alpha value is -0.770. The fourth-order valence-corrected chi connectivity index (χ4v) is 2.55. The van der Waals surface area contributed by atoms with Crippen molar-refractivity contribution >= 4 is 42.1 Å². The average Bonchev–Trinajstić information content (AvgIpc) is 2.22. The van der Waals surface area contributed by atoms with Gasteiger partial charge in [-0.1, -0.05) is 29.8 Å². The van der Waals surface area contributed by atoms with Crippen LogP contribution in [-0.2, 0) is 9.05 Å². The first-order valence-electron chi connectivity index (χ1n) is 4.53. The molecule has 0 aliphatic carbocycles. The van der Waals surface area contributed by atoms with Crippen LogP contribution in [0.3, 0.4) is 0 Å². The van der Waals surface area contributed by atoms with Gasteiger partial charge in [0.1, 0.15) is 0 Å². The molecule has 0 radical (unpaired) electrons. The third kappa shape index (κ3) is 2.03. The largest absolute Gasteiger partial charge is 0.261 e. The number of benzene rings is 2. The molecule has 5 heteroatoms. The zero-order valence-electron chi connectivity index (χ0n) is 8.37. The second-order valence-electron chi connectivity index (χ2n) is 3.52. The van der Waals surface area contributed by atoms with Crippen molar-refractivity contribution in [3.63, 3.8) is 0 Å². The SMILES string of the molecule is Cc1ccc2cc(S(=O)(=O)Cl)ccc2c1Cl. The van der Waals surface area contributed by atoms with Crippen LogP contribution in [0, 0.1) is 6.92 Å². The molecule has 0 fully saturated rings. The smallest absolute Gasteiger partial charge is 0.207 e. The maximum Gasteiger partial charge on any atom is 0.261 e. The summed E-state index contributed by atoms with van der Waals surface area (Å²) in [6.45, 7) is 1.90. The summed E-state index contributed by atoms with van der Waals surface area (Å²) in [5, 5.41) is 2.22. The van der Waals surface area contributed by atoms with E-state index in [0.29, 0.717) is 5.02 Å². The highest BCUT2D eigenvalue weighted by molar-refractivity contribution is 8.13. The van der Waals surface area contributed by atoms with Gasteiger partial charge in [0.25, 0.3) is 9.05 Å². The Labute approximate surface area is 103 Å². The van der Waals surface area contributed by atoms with E-state index in [1.165, 1.54) is 12.1 Å². The number of hydrogen-bond acceptors (Lipinski definition) is 2. The number of fused-ring (bicyclic) bond motifs is 1. The van der Waals surface area contributed by atoms with E-state index in [1.807, 2.05) is 19.1 Å². The van der Waals surface area contributed by atoms with Crippen LogP contribution in [-0.4, -0.2) is 8.42 Å². The second kappa shape index (κ2) is 3.91. The van der Waals surface area contributed by atoms with Crippen molar-refractivity contribution in [2.45, 2.75) is 11.8 Å². The van der Waals surface area contributed by atoms with E-state index in [4.69, 9.17) is 22.3 Å². The summed E-state index contributed by atoms with van der Waals surface area (Å²) in [5.41, 5.74) is 0.954. The van der Waals surface area contributed by atoms with Gasteiger partial charge in [0, 0.05) is 16.1 Å². The lowest BCUT2D eigenvalue weighted by atomic mass is 10.1. The van der Waals surface area contributed by atoms with E-state index in [1.54, 1.807) is 6.07 Å². The van der Waals surface area contributed by atoms with Gasteiger partial charge in [0.15, 0.2) is 0 Å². The van der Waals surface area contributed by atoms with E-state index < -0.39 is 9.05 Å². The minimum atomic E-state index is -3.69. The maximum absolute atomic E-state index is 11.2. The van der Waals surface area contributed by atoms with Crippen molar-refractivity contribution in [1.29, 1.82) is 0 Å². The molecule has 0 bridgehead atoms. The van der Waals surface area contributed by atoms with Gasteiger partial charge in [-0.05, 0) is 30.0 Å². The molecule has 0 atom stereocenters. The molecule has 0 amide bonds. The zero-order chi connectivity index (χ0) is 11.9. The van der Waals surface area contributed by atoms with Crippen LogP contribution in [0.1, 0.15) is 5.56 Å². The lowest BCUT2D eigenvalue weighted by Gasteiger charge is -2.05. The van der Waals surface area contributed by atoms with Crippen molar-refractivity contribution in [1.82, 2.24) is 0 Å². The predicted molar refractivity (Wildman–Crippen MR) is 66.7 cm³/mol. The van der Waals surface area contributed by atoms with Crippen LogP contribution in [0.15, 0.2) is 35.2 Å². The van der Waals surface area contributed by atoms with Gasteiger partial charge in [0.2, 0.25) is 0 Å². The van der Waals surface area contributed by atoms with Crippen molar-refractivity contribution < 1.29 is 8.42 Å². The normalized spacial score (nSPS) is 11.9. The number of hydrogen-bond donors (Lipinski definition) is 0. The molecule has 0 N–H and O–H groups in total. The highest BCUT2D eigenvalue weighted by Gasteiger charge is 2.11. The number of halogens is 2. The first kappa shape index (κ1) is 11.7. The van der Waals surface area contributed by atoms with Crippen LogP contribution in [0.2, 0.25) is 5.02 Å². The first-order chi connectivity index (χ1) is 7.39. The summed E-state index contributed by atoms with van der Waals surface area (Å²) in [6.07, 6.45) is 0. The number of rotatable bonds is 1. The molecular formula is C11H8Cl2O2S. The van der Waals surface area contributed by atoms with E-state index in [9.17, 15) is 8.42 Å². The summed E-state index contributed by atoms with van der Waals surface area (Å²) in [4.78, 5) is 0.0848. The van der Waals surface area contributed by atoms with E-state index in [2.05, 4.69) is 0 Å². The van der Waals surface area contributed by atoms with Crippen molar-refractivity contribution in [3.05, 3.63) is 40.9 Å². The molecule has 0 aromatic heterocycles. The first-order valence-corrected chi connectivity index (χ1v) is 7.22. The van der Waals surface area contributed by atoms with Gasteiger partial charge in [-0.25, -0.2) is 8.42 Å². The lowest BCUT2D eigenvalue weighted by Crippen LogP contribution is -1.90. The van der Waals surface area contributed by atoms with Crippen LogP contribution >= 0.6 is 22.3 Å². The standard InChI is InChI=1S/C11H8Cl2O2S/c1-7-2-3-8-6-9(16(13,14)15)4-5-10(8)11(7)12/h2-6H,1H3. The number of aryl methyl sites for hydroxylation is 1. The maximum atomic E-state index is 11.2. The van der Waals surface area contributed by atoms with Gasteiger partial charge >= 0.3 is 0 Å². The summed E-state index contributed by atoms with van der Waals surface area (Å²) in [5.74, 6) is 0. The van der Waals surface area contributed by atoms with Crippen LogP contribution in [0.25, 0.3) is 10.8 Å². The topological polar surface area (TPSA) is 34.1 Å². The third-order valence-corrected chi connectivity index (χ3v) is 4.25. The molecule has 2 rings (SSSR count). The summed E-state index contributed by atoms with van der Waals surface area (Å²) < 4.78 is 22.3. The fourth-order valence-electron chi connectivity index (χ4n) is 1.53. The summed E-state index contributed by atoms with van der Waals surface area (Å²) >= 11 is 6.11. The lowest BCUT2D eigenvalue weighted by molar-refractivity contribution is 0.609. The molecule has 2 aromatic carbocycles. The van der Waals surface area contributed by atoms with Gasteiger partial charge in [-0.15, -0.1) is 0 Å². The minimum absolute atomic E-state index is 0.0848. The van der Waals surface area contributed by atoms with Gasteiger partial charge in [0.05, 0.1) is 9.92 Å². The van der Waals surface area contributed by atoms with Crippen molar-refractivity contribution in [3.8, 4) is 0 Å². The van der Waals surface area contributed by atoms with Gasteiger partial charge in [-0.3, -0.25) is 0 Å². The van der Waals surface area contributed by atoms with Gasteiger partial charge in [-0.2, -0.15) is 0 Å². The Bertz CT molecular complexity index is 663. The summed E-state index contributed by atoms with van der Waals surface area (Å²) in [6, 6.07) is 8.30. The van der Waals surface area contributed by atoms with E-state index >= 15 is 0 Å². The Morgan fingerprint density at radius 2 is 1.81 bits per heavy atom. The van der Waals surface area contributed by atoms with Crippen LogP contribution < -0.4 is 0 Å². The molecule has 16 heavy (non-hydrogen) atoms. The third-order valence-electron chi connectivity index (χ3n) is 2.40. The molecule has 0 unspecified atom stereocenters. The molecule has 0 aliphatic rings. The van der Waals surface area contributed by atoms with Crippen LogP contribution in [0.4, 0.5) is 0 Å². The highest BCUT2D eigenvalue weighted by Crippen LogP contribution is 2.29. The van der Waals surface area contributed by atoms with E-state index in [-0.39, 0.29) is 4.90 Å². The second-order valence-corrected chi connectivity index (χ2v) is 6.46. The van der Waals surface area contributed by atoms with Crippen LogP contribution in [0.5, 0.6) is 0 Å². The molecule has 0 saturated carbocycles. The quantitative estimate of drug-likeness (QED) is 0.743. The monoisotopic (exact) mass is 274 g/mol. The molecule has 2 nitrogen and oxygen atoms in total. The molecule has 2 aromatic rings. The Balaban J connectivity index is 2.80. The summed E-state index contributed by atoms with van der Waals surface area (Å²) in [7, 11) is 1.58. The Kier molecular flexibility index (Phi) is 2.86. The Morgan fingerprint density at radius 1 is 1.12 bits per heavy atom. The zero-order valence-corrected chi connectivity index (χ0v) is 10.7. The Morgan fingerprint density at radius 3 is 2.44 bits per heavy atom. The highest BCUT2D eigenvalue weighted by atomic mass is 35.7. The molecule has 0 spiro atoms. The minimum Gasteiger partial charge on any atom is -0.207 e. The average molecular weight is 275 g/mol. The van der Waals surface area contributed by atoms with Crippen molar-refractivity contribution in [2.24, 2.45) is 0 Å². The molecular weight excluding hydrogens is 267 g/mol. The van der Waals surface area contributed by atoms with Crippen molar-refractivity contribution in [2.75, 3.05) is 0 Å². The van der Waals surface area contributed by atoms with E-state index in [0.717, 1.165) is 16.3 Å². The molecule has 0 saturated heterocycles. The molecule has 0 heterocycles. The molecule has 84 valence electrons. The fraction of sp³-hybridized carbons (Fsp3) is 0.0909.